The Morgan fingerprint density at radius 3 is 2.73 bits per heavy atom. The molecule has 4 rings (SSSR count). The van der Waals surface area contributed by atoms with Crippen molar-refractivity contribution >= 4 is 28.9 Å². The SMILES string of the molecule is Nc1ccc(Oc2ccc3c(c2)CCC(c2ccc(Cl)cc2Cl)O3)nc1. The van der Waals surface area contributed by atoms with Gasteiger partial charge in [-0.1, -0.05) is 29.3 Å². The van der Waals surface area contributed by atoms with E-state index >= 15 is 0 Å². The number of ether oxygens (including phenoxy) is 2. The van der Waals surface area contributed by atoms with Gasteiger partial charge < -0.3 is 15.2 Å². The Bertz CT molecular complexity index is 945. The van der Waals surface area contributed by atoms with E-state index in [-0.39, 0.29) is 6.10 Å². The quantitative estimate of drug-likeness (QED) is 0.614. The van der Waals surface area contributed by atoms with Crippen LogP contribution in [0, 0.1) is 0 Å². The molecule has 0 saturated heterocycles. The highest BCUT2D eigenvalue weighted by molar-refractivity contribution is 6.35. The largest absolute Gasteiger partial charge is 0.485 e. The van der Waals surface area contributed by atoms with E-state index in [1.807, 2.05) is 30.3 Å². The van der Waals surface area contributed by atoms with Crippen molar-refractivity contribution in [3.63, 3.8) is 0 Å². The number of aryl methyl sites for hydroxylation is 1. The molecule has 1 unspecified atom stereocenters. The molecule has 0 amide bonds. The van der Waals surface area contributed by atoms with E-state index in [1.165, 1.54) is 0 Å². The van der Waals surface area contributed by atoms with Crippen LogP contribution < -0.4 is 15.2 Å². The highest BCUT2D eigenvalue weighted by Gasteiger charge is 2.23. The molecule has 0 saturated carbocycles. The number of pyridine rings is 1. The number of nitrogen functional groups attached to an aromatic ring is 1. The fourth-order valence-electron chi connectivity index (χ4n) is 2.98. The minimum absolute atomic E-state index is 0.0854. The molecule has 132 valence electrons. The molecule has 2 N–H and O–H groups in total. The number of rotatable bonds is 3. The van der Waals surface area contributed by atoms with E-state index in [1.54, 1.807) is 24.4 Å². The van der Waals surface area contributed by atoms with E-state index in [0.717, 1.165) is 29.7 Å². The van der Waals surface area contributed by atoms with Crippen molar-refractivity contribution in [2.75, 3.05) is 5.73 Å². The number of hydrogen-bond donors (Lipinski definition) is 1. The molecule has 6 heteroatoms. The fraction of sp³-hybridized carbons (Fsp3) is 0.150. The lowest BCUT2D eigenvalue weighted by Crippen LogP contribution is -2.15. The van der Waals surface area contributed by atoms with Crippen molar-refractivity contribution in [2.45, 2.75) is 18.9 Å². The van der Waals surface area contributed by atoms with Gasteiger partial charge in [-0.2, -0.15) is 0 Å². The summed E-state index contributed by atoms with van der Waals surface area (Å²) < 4.78 is 11.9. The predicted octanol–water partition coefficient (Wildman–Crippen LogP) is 5.83. The van der Waals surface area contributed by atoms with Gasteiger partial charge in [0.05, 0.1) is 11.9 Å². The van der Waals surface area contributed by atoms with Crippen molar-refractivity contribution in [1.29, 1.82) is 0 Å². The number of benzene rings is 2. The molecule has 4 nitrogen and oxygen atoms in total. The number of nitrogens with two attached hydrogens (primary N) is 1. The number of aromatic nitrogens is 1. The van der Waals surface area contributed by atoms with Crippen LogP contribution in [0.2, 0.25) is 10.0 Å². The van der Waals surface area contributed by atoms with Crippen LogP contribution in [0.25, 0.3) is 0 Å². The smallest absolute Gasteiger partial charge is 0.219 e. The van der Waals surface area contributed by atoms with Gasteiger partial charge in [-0.3, -0.25) is 0 Å². The zero-order chi connectivity index (χ0) is 18.1. The van der Waals surface area contributed by atoms with E-state index in [4.69, 9.17) is 38.4 Å². The summed E-state index contributed by atoms with van der Waals surface area (Å²) in [5, 5.41) is 1.24. The molecule has 0 aliphatic carbocycles. The molecule has 1 atom stereocenters. The molecule has 2 aromatic carbocycles. The van der Waals surface area contributed by atoms with Crippen molar-refractivity contribution in [3.8, 4) is 17.4 Å². The molecule has 0 fully saturated rings. The third kappa shape index (κ3) is 3.57. The average molecular weight is 387 g/mol. The number of halogens is 2. The summed E-state index contributed by atoms with van der Waals surface area (Å²) in [6.07, 6.45) is 3.18. The van der Waals surface area contributed by atoms with Gasteiger partial charge in [-0.05, 0) is 54.8 Å². The summed E-state index contributed by atoms with van der Waals surface area (Å²) in [4.78, 5) is 4.15. The molecule has 2 heterocycles. The van der Waals surface area contributed by atoms with Crippen molar-refractivity contribution in [2.24, 2.45) is 0 Å². The first-order valence-electron chi connectivity index (χ1n) is 8.22. The van der Waals surface area contributed by atoms with Gasteiger partial charge in [-0.15, -0.1) is 0 Å². The third-order valence-electron chi connectivity index (χ3n) is 4.27. The van der Waals surface area contributed by atoms with Crippen LogP contribution in [0.1, 0.15) is 23.7 Å². The van der Waals surface area contributed by atoms with Crippen LogP contribution in [0.3, 0.4) is 0 Å². The van der Waals surface area contributed by atoms with Crippen LogP contribution in [0.15, 0.2) is 54.7 Å². The van der Waals surface area contributed by atoms with Gasteiger partial charge in [0.1, 0.15) is 17.6 Å². The minimum Gasteiger partial charge on any atom is -0.485 e. The topological polar surface area (TPSA) is 57.4 Å². The molecule has 0 radical (unpaired) electrons. The standard InChI is InChI=1S/C20H16Cl2N2O2/c21-13-2-5-16(17(22)10-13)19-6-1-12-9-15(4-7-18(12)26-19)25-20-8-3-14(23)11-24-20/h2-5,7-11,19H,1,6,23H2. The molecular weight excluding hydrogens is 371 g/mol. The van der Waals surface area contributed by atoms with Crippen LogP contribution in [0.5, 0.6) is 17.4 Å². The first-order chi connectivity index (χ1) is 12.6. The number of anilines is 1. The molecule has 0 bridgehead atoms. The van der Waals surface area contributed by atoms with Gasteiger partial charge in [0, 0.05) is 21.7 Å². The van der Waals surface area contributed by atoms with E-state index in [9.17, 15) is 0 Å². The Hall–Kier alpha value is -2.43. The van der Waals surface area contributed by atoms with Crippen molar-refractivity contribution < 1.29 is 9.47 Å². The van der Waals surface area contributed by atoms with Crippen molar-refractivity contribution in [3.05, 3.63) is 75.9 Å². The second-order valence-electron chi connectivity index (χ2n) is 6.11. The zero-order valence-corrected chi connectivity index (χ0v) is 15.3. The van der Waals surface area contributed by atoms with Crippen LogP contribution >= 0.6 is 23.2 Å². The number of nitrogens with zero attached hydrogens (tertiary/aromatic N) is 1. The monoisotopic (exact) mass is 386 g/mol. The average Bonchev–Trinajstić information content (AvgIpc) is 2.63. The molecule has 3 aromatic rings. The summed E-state index contributed by atoms with van der Waals surface area (Å²) in [5.74, 6) is 2.05. The molecule has 0 spiro atoms. The van der Waals surface area contributed by atoms with Gasteiger partial charge in [0.2, 0.25) is 5.88 Å². The maximum Gasteiger partial charge on any atom is 0.219 e. The lowest BCUT2D eigenvalue weighted by molar-refractivity contribution is 0.176. The van der Waals surface area contributed by atoms with Crippen molar-refractivity contribution in [1.82, 2.24) is 4.98 Å². The van der Waals surface area contributed by atoms with Crippen LogP contribution in [-0.4, -0.2) is 4.98 Å². The lowest BCUT2D eigenvalue weighted by atomic mass is 9.97. The zero-order valence-electron chi connectivity index (χ0n) is 13.8. The first-order valence-corrected chi connectivity index (χ1v) is 8.98. The molecule has 1 aliphatic heterocycles. The Kier molecular flexibility index (Phi) is 4.62. The van der Waals surface area contributed by atoms with Gasteiger partial charge in [0.25, 0.3) is 0 Å². The fourth-order valence-corrected chi connectivity index (χ4v) is 3.51. The molecule has 26 heavy (non-hydrogen) atoms. The van der Waals surface area contributed by atoms with Gasteiger partial charge in [-0.25, -0.2) is 4.98 Å². The van der Waals surface area contributed by atoms with Crippen LogP contribution in [-0.2, 0) is 6.42 Å². The number of fused-ring (bicyclic) bond motifs is 1. The van der Waals surface area contributed by atoms with Gasteiger partial charge in [0.15, 0.2) is 0 Å². The first kappa shape index (κ1) is 17.0. The summed E-state index contributed by atoms with van der Waals surface area (Å²) in [7, 11) is 0. The highest BCUT2D eigenvalue weighted by Crippen LogP contribution is 2.39. The molecule has 1 aromatic heterocycles. The summed E-state index contributed by atoms with van der Waals surface area (Å²) in [6.45, 7) is 0. The van der Waals surface area contributed by atoms with E-state index in [2.05, 4.69) is 4.98 Å². The Morgan fingerprint density at radius 1 is 1.08 bits per heavy atom. The molecule has 1 aliphatic rings. The maximum atomic E-state index is 6.32. The predicted molar refractivity (Wildman–Crippen MR) is 103 cm³/mol. The van der Waals surface area contributed by atoms with Gasteiger partial charge >= 0.3 is 0 Å². The Balaban J connectivity index is 1.53. The Labute approximate surface area is 161 Å². The summed E-state index contributed by atoms with van der Waals surface area (Å²) >= 11 is 12.3. The van der Waals surface area contributed by atoms with Crippen LogP contribution in [0.4, 0.5) is 5.69 Å². The Morgan fingerprint density at radius 2 is 1.96 bits per heavy atom. The molecular formula is C20H16Cl2N2O2. The van der Waals surface area contributed by atoms with E-state index < -0.39 is 0 Å². The highest BCUT2D eigenvalue weighted by atomic mass is 35.5. The third-order valence-corrected chi connectivity index (χ3v) is 4.83. The van der Waals surface area contributed by atoms with E-state index in [0.29, 0.717) is 27.4 Å². The summed E-state index contributed by atoms with van der Waals surface area (Å²) in [6, 6.07) is 14.7. The lowest BCUT2D eigenvalue weighted by Gasteiger charge is -2.27. The second kappa shape index (κ2) is 7.06. The normalized spacial score (nSPS) is 15.8. The summed E-state index contributed by atoms with van der Waals surface area (Å²) in [5.41, 5.74) is 8.29. The maximum absolute atomic E-state index is 6.32. The second-order valence-corrected chi connectivity index (χ2v) is 6.96. The minimum atomic E-state index is -0.0854. The number of hydrogen-bond acceptors (Lipinski definition) is 4.